The Balaban J connectivity index is 2.42. The Bertz CT molecular complexity index is 494. The molecule has 2 rings (SSSR count). The molecular formula is C21H34O2. The number of aromatic hydroxyl groups is 1. The van der Waals surface area contributed by atoms with E-state index in [0.29, 0.717) is 17.6 Å². The maximum Gasteiger partial charge on any atom is 0.122 e. The molecule has 0 saturated heterocycles. The van der Waals surface area contributed by atoms with E-state index in [1.54, 1.807) is 0 Å². The van der Waals surface area contributed by atoms with Crippen molar-refractivity contribution in [1.29, 1.82) is 0 Å². The maximum absolute atomic E-state index is 10.6. The summed E-state index contributed by atoms with van der Waals surface area (Å²) in [5, 5.41) is 21.0. The number of phenols is 1. The second-order valence-electron chi connectivity index (χ2n) is 8.21. The Morgan fingerprint density at radius 2 is 1.39 bits per heavy atom. The molecule has 1 aromatic carbocycles. The van der Waals surface area contributed by atoms with Gasteiger partial charge in [0.05, 0.1) is 6.10 Å². The Kier molecular flexibility index (Phi) is 5.78. The Morgan fingerprint density at radius 1 is 0.913 bits per heavy atom. The zero-order valence-corrected chi connectivity index (χ0v) is 15.5. The summed E-state index contributed by atoms with van der Waals surface area (Å²) in [6.45, 7) is 10.5. The van der Waals surface area contributed by atoms with Gasteiger partial charge in [-0.25, -0.2) is 0 Å². The highest BCUT2D eigenvalue weighted by molar-refractivity contribution is 5.47. The van der Waals surface area contributed by atoms with Crippen molar-refractivity contribution in [2.24, 2.45) is 5.41 Å². The summed E-state index contributed by atoms with van der Waals surface area (Å²) >= 11 is 0. The molecule has 0 bridgehead atoms. The number of aliphatic hydroxyl groups excluding tert-OH is 1. The normalized spacial score (nSPS) is 19.3. The largest absolute Gasteiger partial charge is 0.507 e. The van der Waals surface area contributed by atoms with E-state index in [2.05, 4.69) is 39.8 Å². The Morgan fingerprint density at radius 3 is 1.78 bits per heavy atom. The molecule has 2 nitrogen and oxygen atoms in total. The van der Waals surface area contributed by atoms with Gasteiger partial charge in [-0.1, -0.05) is 59.1 Å². The second-order valence-corrected chi connectivity index (χ2v) is 8.21. The van der Waals surface area contributed by atoms with Gasteiger partial charge >= 0.3 is 0 Å². The molecule has 130 valence electrons. The molecule has 1 aliphatic carbocycles. The van der Waals surface area contributed by atoms with Gasteiger partial charge in [0.25, 0.3) is 0 Å². The van der Waals surface area contributed by atoms with E-state index in [1.807, 2.05) is 6.92 Å². The molecule has 2 N–H and O–H groups in total. The molecule has 23 heavy (non-hydrogen) atoms. The smallest absolute Gasteiger partial charge is 0.122 e. The highest BCUT2D eigenvalue weighted by Crippen LogP contribution is 2.44. The number of phenolic OH excluding ortho intramolecular Hbond substituents is 1. The summed E-state index contributed by atoms with van der Waals surface area (Å²) in [5.74, 6) is 1.08. The molecule has 1 aliphatic rings. The minimum atomic E-state index is -0.276. The molecule has 1 atom stereocenters. The first-order valence-corrected chi connectivity index (χ1v) is 9.30. The summed E-state index contributed by atoms with van der Waals surface area (Å²) < 4.78 is 0. The maximum atomic E-state index is 10.6. The predicted molar refractivity (Wildman–Crippen MR) is 97.2 cm³/mol. The minimum Gasteiger partial charge on any atom is -0.507 e. The van der Waals surface area contributed by atoms with Crippen LogP contribution in [0.25, 0.3) is 0 Å². The number of hydrogen-bond donors (Lipinski definition) is 2. The quantitative estimate of drug-likeness (QED) is 0.751. The SMILES string of the molecule is CC(C)c1cc(CC2(C(C)O)CCCCC2)cc(C(C)C)c1O. The molecule has 1 aromatic rings. The van der Waals surface area contributed by atoms with E-state index in [0.717, 1.165) is 30.4 Å². The first-order chi connectivity index (χ1) is 10.8. The van der Waals surface area contributed by atoms with Crippen molar-refractivity contribution >= 4 is 0 Å². The highest BCUT2D eigenvalue weighted by atomic mass is 16.3. The summed E-state index contributed by atoms with van der Waals surface area (Å²) in [4.78, 5) is 0. The second kappa shape index (κ2) is 7.25. The minimum absolute atomic E-state index is 0.0116. The zero-order valence-electron chi connectivity index (χ0n) is 15.5. The molecule has 1 fully saturated rings. The number of rotatable bonds is 5. The summed E-state index contributed by atoms with van der Waals surface area (Å²) in [6.07, 6.45) is 6.59. The van der Waals surface area contributed by atoms with Crippen LogP contribution in [-0.2, 0) is 6.42 Å². The standard InChI is InChI=1S/C21H34O2/c1-14(2)18-11-17(12-19(15(3)4)20(18)23)13-21(16(5)22)9-7-6-8-10-21/h11-12,14-16,22-23H,6-10,13H2,1-5H3. The van der Waals surface area contributed by atoms with Gasteiger partial charge in [0.1, 0.15) is 5.75 Å². The fraction of sp³-hybridized carbons (Fsp3) is 0.714. The van der Waals surface area contributed by atoms with E-state index in [4.69, 9.17) is 0 Å². The third kappa shape index (κ3) is 3.91. The van der Waals surface area contributed by atoms with Crippen LogP contribution in [0.2, 0.25) is 0 Å². The molecule has 0 heterocycles. The average Bonchev–Trinajstić information content (AvgIpc) is 2.49. The number of hydrogen-bond acceptors (Lipinski definition) is 2. The average molecular weight is 319 g/mol. The highest BCUT2D eigenvalue weighted by Gasteiger charge is 2.37. The van der Waals surface area contributed by atoms with Gasteiger partial charge in [0.2, 0.25) is 0 Å². The van der Waals surface area contributed by atoms with Crippen molar-refractivity contribution in [2.75, 3.05) is 0 Å². The monoisotopic (exact) mass is 318 g/mol. The van der Waals surface area contributed by atoms with Crippen molar-refractivity contribution < 1.29 is 10.2 Å². The van der Waals surface area contributed by atoms with Crippen molar-refractivity contribution in [3.8, 4) is 5.75 Å². The summed E-state index contributed by atoms with van der Waals surface area (Å²) in [5.41, 5.74) is 3.38. The Hall–Kier alpha value is -1.02. The van der Waals surface area contributed by atoms with E-state index in [-0.39, 0.29) is 11.5 Å². The van der Waals surface area contributed by atoms with Crippen LogP contribution in [0.3, 0.4) is 0 Å². The van der Waals surface area contributed by atoms with Crippen molar-refractivity contribution in [3.63, 3.8) is 0 Å². The molecular weight excluding hydrogens is 284 g/mol. The first-order valence-electron chi connectivity index (χ1n) is 9.30. The van der Waals surface area contributed by atoms with Gasteiger partial charge < -0.3 is 10.2 Å². The zero-order chi connectivity index (χ0) is 17.2. The molecule has 0 aromatic heterocycles. The van der Waals surface area contributed by atoms with Crippen molar-refractivity contribution in [1.82, 2.24) is 0 Å². The van der Waals surface area contributed by atoms with Crippen LogP contribution in [-0.4, -0.2) is 16.3 Å². The molecule has 1 unspecified atom stereocenters. The van der Waals surface area contributed by atoms with Gasteiger partial charge in [0, 0.05) is 5.41 Å². The van der Waals surface area contributed by atoms with E-state index in [1.165, 1.54) is 24.8 Å². The van der Waals surface area contributed by atoms with E-state index < -0.39 is 0 Å². The van der Waals surface area contributed by atoms with Crippen molar-refractivity contribution in [2.45, 2.75) is 91.1 Å². The van der Waals surface area contributed by atoms with Crippen LogP contribution >= 0.6 is 0 Å². The molecule has 0 aliphatic heterocycles. The lowest BCUT2D eigenvalue weighted by atomic mass is 9.67. The molecule has 0 amide bonds. The lowest BCUT2D eigenvalue weighted by Gasteiger charge is -2.40. The lowest BCUT2D eigenvalue weighted by molar-refractivity contribution is 0.00875. The summed E-state index contributed by atoms with van der Waals surface area (Å²) in [6, 6.07) is 4.34. The fourth-order valence-corrected chi connectivity index (χ4v) is 4.13. The lowest BCUT2D eigenvalue weighted by Crippen LogP contribution is -2.37. The van der Waals surface area contributed by atoms with Gasteiger partial charge in [-0.2, -0.15) is 0 Å². The van der Waals surface area contributed by atoms with Crippen LogP contribution in [0.5, 0.6) is 5.75 Å². The topological polar surface area (TPSA) is 40.5 Å². The van der Waals surface area contributed by atoms with Gasteiger partial charge in [0.15, 0.2) is 0 Å². The molecule has 2 heteroatoms. The molecule has 1 saturated carbocycles. The summed E-state index contributed by atoms with van der Waals surface area (Å²) in [7, 11) is 0. The third-order valence-corrected chi connectivity index (χ3v) is 5.76. The van der Waals surface area contributed by atoms with Gasteiger partial charge in [-0.05, 0) is 54.7 Å². The van der Waals surface area contributed by atoms with Crippen molar-refractivity contribution in [3.05, 3.63) is 28.8 Å². The van der Waals surface area contributed by atoms with Crippen LogP contribution in [0.1, 0.15) is 95.2 Å². The third-order valence-electron chi connectivity index (χ3n) is 5.76. The van der Waals surface area contributed by atoms with Crippen LogP contribution < -0.4 is 0 Å². The first kappa shape index (κ1) is 18.3. The predicted octanol–water partition coefficient (Wildman–Crippen LogP) is 5.51. The number of benzene rings is 1. The fourth-order valence-electron chi connectivity index (χ4n) is 4.13. The molecule has 0 radical (unpaired) electrons. The van der Waals surface area contributed by atoms with Crippen LogP contribution in [0, 0.1) is 5.41 Å². The van der Waals surface area contributed by atoms with Crippen LogP contribution in [0.15, 0.2) is 12.1 Å². The van der Waals surface area contributed by atoms with E-state index >= 15 is 0 Å². The van der Waals surface area contributed by atoms with E-state index in [9.17, 15) is 10.2 Å². The van der Waals surface area contributed by atoms with Gasteiger partial charge in [-0.15, -0.1) is 0 Å². The Labute approximate surface area is 141 Å². The van der Waals surface area contributed by atoms with Crippen LogP contribution in [0.4, 0.5) is 0 Å². The molecule has 0 spiro atoms. The van der Waals surface area contributed by atoms with Gasteiger partial charge in [-0.3, -0.25) is 0 Å². The number of aliphatic hydroxyl groups is 1.